The van der Waals surface area contributed by atoms with Crippen LogP contribution in [-0.2, 0) is 6.42 Å². The SMILES string of the molecule is CCOc1ccc2[nH]c(CCNc3ccccc3)nc2n1. The Morgan fingerprint density at radius 3 is 2.76 bits per heavy atom. The molecule has 0 saturated carbocycles. The van der Waals surface area contributed by atoms with Crippen LogP contribution >= 0.6 is 0 Å². The van der Waals surface area contributed by atoms with Crippen LogP contribution in [0.25, 0.3) is 11.2 Å². The molecule has 5 nitrogen and oxygen atoms in total. The van der Waals surface area contributed by atoms with E-state index in [1.165, 1.54) is 0 Å². The van der Waals surface area contributed by atoms with E-state index >= 15 is 0 Å². The molecule has 0 aliphatic carbocycles. The molecule has 21 heavy (non-hydrogen) atoms. The molecule has 0 amide bonds. The van der Waals surface area contributed by atoms with Crippen LogP contribution in [0.1, 0.15) is 12.7 Å². The van der Waals surface area contributed by atoms with Gasteiger partial charge in [0.25, 0.3) is 0 Å². The number of pyridine rings is 1. The minimum Gasteiger partial charge on any atom is -0.478 e. The Kier molecular flexibility index (Phi) is 4.00. The summed E-state index contributed by atoms with van der Waals surface area (Å²) >= 11 is 0. The molecule has 0 unspecified atom stereocenters. The fraction of sp³-hybridized carbons (Fsp3) is 0.250. The van der Waals surface area contributed by atoms with Gasteiger partial charge in [0.15, 0.2) is 5.65 Å². The van der Waals surface area contributed by atoms with Crippen LogP contribution in [0.15, 0.2) is 42.5 Å². The van der Waals surface area contributed by atoms with E-state index in [-0.39, 0.29) is 0 Å². The number of benzene rings is 1. The Morgan fingerprint density at radius 1 is 1.10 bits per heavy atom. The first kappa shape index (κ1) is 13.4. The van der Waals surface area contributed by atoms with Crippen LogP contribution in [0.2, 0.25) is 0 Å². The molecule has 0 aliphatic rings. The molecule has 0 aliphatic heterocycles. The molecule has 5 heteroatoms. The highest BCUT2D eigenvalue weighted by Gasteiger charge is 2.05. The molecule has 0 bridgehead atoms. The fourth-order valence-electron chi connectivity index (χ4n) is 2.15. The van der Waals surface area contributed by atoms with Crippen molar-refractivity contribution >= 4 is 16.9 Å². The van der Waals surface area contributed by atoms with E-state index in [2.05, 4.69) is 32.4 Å². The summed E-state index contributed by atoms with van der Waals surface area (Å²) in [5.41, 5.74) is 2.76. The zero-order chi connectivity index (χ0) is 14.5. The summed E-state index contributed by atoms with van der Waals surface area (Å²) in [6, 6.07) is 13.9. The van der Waals surface area contributed by atoms with Gasteiger partial charge in [0, 0.05) is 24.7 Å². The lowest BCUT2D eigenvalue weighted by atomic mass is 10.3. The summed E-state index contributed by atoms with van der Waals surface area (Å²) < 4.78 is 5.38. The van der Waals surface area contributed by atoms with Gasteiger partial charge in [0.05, 0.1) is 12.1 Å². The number of anilines is 1. The van der Waals surface area contributed by atoms with Crippen LogP contribution in [-0.4, -0.2) is 28.1 Å². The monoisotopic (exact) mass is 282 g/mol. The van der Waals surface area contributed by atoms with E-state index in [0.717, 1.165) is 30.0 Å². The zero-order valence-electron chi connectivity index (χ0n) is 12.0. The molecule has 0 fully saturated rings. The van der Waals surface area contributed by atoms with Crippen molar-refractivity contribution in [3.8, 4) is 5.88 Å². The Labute approximate surface area is 123 Å². The van der Waals surface area contributed by atoms with Gasteiger partial charge < -0.3 is 15.0 Å². The third-order valence-electron chi connectivity index (χ3n) is 3.13. The summed E-state index contributed by atoms with van der Waals surface area (Å²) in [5.74, 6) is 1.54. The maximum absolute atomic E-state index is 5.38. The number of aromatic amines is 1. The van der Waals surface area contributed by atoms with Gasteiger partial charge >= 0.3 is 0 Å². The number of hydrogen-bond donors (Lipinski definition) is 2. The highest BCUT2D eigenvalue weighted by molar-refractivity contribution is 5.71. The first-order chi connectivity index (χ1) is 10.3. The normalized spacial score (nSPS) is 10.7. The number of hydrogen-bond acceptors (Lipinski definition) is 4. The number of ether oxygens (including phenoxy) is 1. The molecule has 1 aromatic carbocycles. The molecule has 3 aromatic rings. The molecule has 0 atom stereocenters. The number of fused-ring (bicyclic) bond motifs is 1. The van der Waals surface area contributed by atoms with E-state index in [0.29, 0.717) is 18.1 Å². The second kappa shape index (κ2) is 6.26. The van der Waals surface area contributed by atoms with Crippen molar-refractivity contribution < 1.29 is 4.74 Å². The largest absolute Gasteiger partial charge is 0.478 e. The first-order valence-corrected chi connectivity index (χ1v) is 7.12. The summed E-state index contributed by atoms with van der Waals surface area (Å²) in [4.78, 5) is 12.1. The van der Waals surface area contributed by atoms with Crippen molar-refractivity contribution in [3.63, 3.8) is 0 Å². The van der Waals surface area contributed by atoms with Crippen molar-refractivity contribution in [1.82, 2.24) is 15.0 Å². The van der Waals surface area contributed by atoms with Crippen LogP contribution in [0, 0.1) is 0 Å². The lowest BCUT2D eigenvalue weighted by Crippen LogP contribution is -2.05. The third kappa shape index (κ3) is 3.31. The molecule has 108 valence electrons. The van der Waals surface area contributed by atoms with Crippen molar-refractivity contribution in [1.29, 1.82) is 0 Å². The molecule has 2 N–H and O–H groups in total. The highest BCUT2D eigenvalue weighted by atomic mass is 16.5. The van der Waals surface area contributed by atoms with E-state index in [1.54, 1.807) is 0 Å². The maximum Gasteiger partial charge on any atom is 0.215 e. The molecular weight excluding hydrogens is 264 g/mol. The molecule has 2 aromatic heterocycles. The maximum atomic E-state index is 5.38. The van der Waals surface area contributed by atoms with Crippen LogP contribution < -0.4 is 10.1 Å². The number of para-hydroxylation sites is 1. The Balaban J connectivity index is 1.64. The molecule has 2 heterocycles. The number of H-pyrrole nitrogens is 1. The van der Waals surface area contributed by atoms with Crippen molar-refractivity contribution in [2.75, 3.05) is 18.5 Å². The van der Waals surface area contributed by atoms with Gasteiger partial charge in [-0.1, -0.05) is 18.2 Å². The second-order valence-electron chi connectivity index (χ2n) is 4.68. The average Bonchev–Trinajstić information content (AvgIpc) is 2.91. The Hall–Kier alpha value is -2.56. The van der Waals surface area contributed by atoms with Gasteiger partial charge in [0.2, 0.25) is 5.88 Å². The predicted molar refractivity (Wildman–Crippen MR) is 83.7 cm³/mol. The molecule has 0 saturated heterocycles. The second-order valence-corrected chi connectivity index (χ2v) is 4.68. The Bertz CT molecular complexity index is 709. The number of nitrogens with zero attached hydrogens (tertiary/aromatic N) is 2. The van der Waals surface area contributed by atoms with Crippen molar-refractivity contribution in [2.45, 2.75) is 13.3 Å². The van der Waals surface area contributed by atoms with Crippen molar-refractivity contribution in [2.24, 2.45) is 0 Å². The number of imidazole rings is 1. The number of rotatable bonds is 6. The fourth-order valence-corrected chi connectivity index (χ4v) is 2.15. The van der Waals surface area contributed by atoms with Crippen LogP contribution in [0.4, 0.5) is 5.69 Å². The number of nitrogens with one attached hydrogen (secondary N) is 2. The topological polar surface area (TPSA) is 62.8 Å². The summed E-state index contributed by atoms with van der Waals surface area (Å²) in [5, 5.41) is 3.36. The summed E-state index contributed by atoms with van der Waals surface area (Å²) in [6.45, 7) is 3.37. The predicted octanol–water partition coefficient (Wildman–Crippen LogP) is 3.01. The summed E-state index contributed by atoms with van der Waals surface area (Å²) in [7, 11) is 0. The highest BCUT2D eigenvalue weighted by Crippen LogP contribution is 2.15. The first-order valence-electron chi connectivity index (χ1n) is 7.12. The van der Waals surface area contributed by atoms with Gasteiger partial charge in [-0.2, -0.15) is 4.98 Å². The molecule has 0 radical (unpaired) electrons. The average molecular weight is 282 g/mol. The zero-order valence-corrected chi connectivity index (χ0v) is 12.0. The minimum atomic E-state index is 0.608. The van der Waals surface area contributed by atoms with Crippen LogP contribution in [0.3, 0.4) is 0 Å². The Morgan fingerprint density at radius 2 is 1.95 bits per heavy atom. The van der Waals surface area contributed by atoms with Gasteiger partial charge in [0.1, 0.15) is 5.82 Å². The van der Waals surface area contributed by atoms with Crippen LogP contribution in [0.5, 0.6) is 5.88 Å². The summed E-state index contributed by atoms with van der Waals surface area (Å²) in [6.07, 6.45) is 0.815. The van der Waals surface area contributed by atoms with E-state index in [9.17, 15) is 0 Å². The van der Waals surface area contributed by atoms with Gasteiger partial charge in [-0.15, -0.1) is 0 Å². The quantitative estimate of drug-likeness (QED) is 0.729. The smallest absolute Gasteiger partial charge is 0.215 e. The van der Waals surface area contributed by atoms with Gasteiger partial charge in [-0.05, 0) is 25.1 Å². The molecule has 0 spiro atoms. The molecular formula is C16H18N4O. The third-order valence-corrected chi connectivity index (χ3v) is 3.13. The lowest BCUT2D eigenvalue weighted by Gasteiger charge is -2.03. The van der Waals surface area contributed by atoms with Gasteiger partial charge in [-0.3, -0.25) is 0 Å². The lowest BCUT2D eigenvalue weighted by molar-refractivity contribution is 0.328. The minimum absolute atomic E-state index is 0.608. The van der Waals surface area contributed by atoms with E-state index < -0.39 is 0 Å². The standard InChI is InChI=1S/C16H18N4O/c1-2-21-15-9-8-13-16(20-15)19-14(18-13)10-11-17-12-6-4-3-5-7-12/h3-9,17H,2,10-11H2,1H3,(H,18,19,20). The van der Waals surface area contributed by atoms with Crippen molar-refractivity contribution in [3.05, 3.63) is 48.3 Å². The molecule has 3 rings (SSSR count). The van der Waals surface area contributed by atoms with Gasteiger partial charge in [-0.25, -0.2) is 4.98 Å². The van der Waals surface area contributed by atoms with E-state index in [4.69, 9.17) is 4.74 Å². The van der Waals surface area contributed by atoms with E-state index in [1.807, 2.05) is 37.3 Å². The number of aromatic nitrogens is 3.